The van der Waals surface area contributed by atoms with Gasteiger partial charge < -0.3 is 0 Å². The Labute approximate surface area is 123 Å². The molecule has 4 nitrogen and oxygen atoms in total. The smallest absolute Gasteiger partial charge is 0.183 e. The molecule has 1 atom stereocenters. The maximum Gasteiger partial charge on any atom is 0.251 e. The molecule has 0 spiro atoms. The minimum Gasteiger partial charge on any atom is -0.183 e. The van der Waals surface area contributed by atoms with Crippen molar-refractivity contribution in [3.63, 3.8) is 0 Å². The molecule has 1 unspecified atom stereocenters. The monoisotopic (exact) mass is 302 g/mol. The van der Waals surface area contributed by atoms with Gasteiger partial charge in [0.25, 0.3) is 6.10 Å². The Bertz CT molecular complexity index is 442. The topological polar surface area (TPSA) is 78.4 Å². The van der Waals surface area contributed by atoms with Crippen molar-refractivity contribution in [2.45, 2.75) is 47.6 Å². The van der Waals surface area contributed by atoms with E-state index in [-0.39, 0.29) is 10.8 Å². The summed E-state index contributed by atoms with van der Waals surface area (Å²) in [5.41, 5.74) is 1.75. The van der Waals surface area contributed by atoms with Crippen molar-refractivity contribution in [3.05, 3.63) is 35.5 Å². The fraction of sp³-hybridized carbons (Fsp3) is 0.600. The lowest BCUT2D eigenvalue weighted by Gasteiger charge is -2.25. The average Bonchev–Trinajstić information content (AvgIpc) is 2.35. The first-order valence-electron chi connectivity index (χ1n) is 6.51. The van der Waals surface area contributed by atoms with Gasteiger partial charge in [-0.3, -0.25) is 0 Å². The highest BCUT2D eigenvalue weighted by molar-refractivity contribution is 5.40. The van der Waals surface area contributed by atoms with Gasteiger partial charge in [-0.1, -0.05) is 53.7 Å². The SMILES string of the molecule is CC(C)(C)C1=CC(C(C)(C)C)=CC(O[Cl+3]([O-])([O-])[O-])C=C1. The zero-order chi connectivity index (χ0) is 15.8. The number of hydrogen-bond acceptors (Lipinski definition) is 4. The van der Waals surface area contributed by atoms with Gasteiger partial charge in [-0.2, -0.15) is 14.0 Å². The summed E-state index contributed by atoms with van der Waals surface area (Å²) in [6.45, 7) is 12.3. The van der Waals surface area contributed by atoms with Crippen molar-refractivity contribution >= 4 is 0 Å². The highest BCUT2D eigenvalue weighted by atomic mass is 35.7. The predicted molar refractivity (Wildman–Crippen MR) is 69.1 cm³/mol. The van der Waals surface area contributed by atoms with Crippen LogP contribution in [0.4, 0.5) is 0 Å². The molecule has 1 aliphatic rings. The second-order valence-corrected chi connectivity index (χ2v) is 7.95. The van der Waals surface area contributed by atoms with Crippen molar-refractivity contribution in [2.24, 2.45) is 10.8 Å². The van der Waals surface area contributed by atoms with Gasteiger partial charge >= 0.3 is 0 Å². The first kappa shape index (κ1) is 17.4. The lowest BCUT2D eigenvalue weighted by atomic mass is 9.80. The molecule has 0 aromatic carbocycles. The minimum absolute atomic E-state index is 0.0796. The molecule has 5 heteroatoms. The van der Waals surface area contributed by atoms with Crippen molar-refractivity contribution in [1.29, 1.82) is 0 Å². The summed E-state index contributed by atoms with van der Waals surface area (Å²) in [4.78, 5) is 0. The molecule has 0 saturated carbocycles. The molecule has 114 valence electrons. The Kier molecular flexibility index (Phi) is 4.89. The summed E-state index contributed by atoms with van der Waals surface area (Å²) in [6, 6.07) is 0. The van der Waals surface area contributed by atoms with Crippen LogP contribution in [0.2, 0.25) is 0 Å². The van der Waals surface area contributed by atoms with E-state index in [1.807, 2.05) is 32.9 Å². The number of rotatable bonds is 2. The summed E-state index contributed by atoms with van der Waals surface area (Å²) in [6.07, 6.45) is 6.26. The molecule has 0 aromatic rings. The third-order valence-corrected chi connectivity index (χ3v) is 3.49. The fourth-order valence-corrected chi connectivity index (χ4v) is 2.17. The van der Waals surface area contributed by atoms with Gasteiger partial charge in [-0.05, 0) is 34.1 Å². The van der Waals surface area contributed by atoms with Crippen molar-refractivity contribution in [2.75, 3.05) is 0 Å². The molecule has 0 N–H and O–H groups in total. The molecular formula is C15H23ClO4. The van der Waals surface area contributed by atoms with Crippen LogP contribution in [0.1, 0.15) is 41.5 Å². The fourth-order valence-electron chi connectivity index (χ4n) is 1.81. The molecule has 0 saturated heterocycles. The lowest BCUT2D eigenvalue weighted by Crippen LogP contribution is -2.62. The van der Waals surface area contributed by atoms with E-state index >= 15 is 0 Å². The van der Waals surface area contributed by atoms with Crippen LogP contribution in [0.5, 0.6) is 0 Å². The molecule has 1 aliphatic carbocycles. The molecule has 1 rings (SSSR count). The van der Waals surface area contributed by atoms with E-state index in [9.17, 15) is 14.0 Å². The Balaban J connectivity index is 3.20. The van der Waals surface area contributed by atoms with Crippen LogP contribution in [0, 0.1) is 21.1 Å². The molecule has 0 heterocycles. The van der Waals surface area contributed by atoms with Crippen LogP contribution < -0.4 is 14.0 Å². The second kappa shape index (κ2) is 5.62. The van der Waals surface area contributed by atoms with Crippen LogP contribution in [-0.4, -0.2) is 6.10 Å². The van der Waals surface area contributed by atoms with Gasteiger partial charge in [0.05, 0.1) is 14.5 Å². The standard InChI is InChI=1S/C15H23ClO4/c1-14(2,3)11-7-8-13(20-16(17,18)19)10-12(9-11)15(4,5)6/h7-10,13H,1-6H3. The van der Waals surface area contributed by atoms with Crippen molar-refractivity contribution in [1.82, 2.24) is 0 Å². The normalized spacial score (nSPS) is 21.4. The van der Waals surface area contributed by atoms with Crippen molar-refractivity contribution in [3.8, 4) is 0 Å². The van der Waals surface area contributed by atoms with E-state index in [0.717, 1.165) is 11.1 Å². The van der Waals surface area contributed by atoms with E-state index in [0.29, 0.717) is 0 Å². The Hall–Kier alpha value is -0.650. The molecular weight excluding hydrogens is 280 g/mol. The summed E-state index contributed by atoms with van der Waals surface area (Å²) in [5.74, 6) is 0. The van der Waals surface area contributed by atoms with Crippen molar-refractivity contribution < 1.29 is 28.5 Å². The van der Waals surface area contributed by atoms with Gasteiger partial charge in [0.15, 0.2) is 0 Å². The molecule has 0 aromatic heterocycles. The van der Waals surface area contributed by atoms with E-state index in [1.54, 1.807) is 12.2 Å². The Morgan fingerprint density at radius 1 is 0.950 bits per heavy atom. The van der Waals surface area contributed by atoms with Gasteiger partial charge in [0.2, 0.25) is 0 Å². The quantitative estimate of drug-likeness (QED) is 0.755. The van der Waals surface area contributed by atoms with Crippen LogP contribution in [0.15, 0.2) is 35.5 Å². The number of halogens is 1. The van der Waals surface area contributed by atoms with Crippen LogP contribution >= 0.6 is 0 Å². The number of hydrogen-bond donors (Lipinski definition) is 0. The summed E-state index contributed by atoms with van der Waals surface area (Å²) >= 11 is 0. The van der Waals surface area contributed by atoms with E-state index < -0.39 is 16.3 Å². The van der Waals surface area contributed by atoms with Gasteiger partial charge in [-0.15, -0.1) is 0 Å². The molecule has 0 fully saturated rings. The van der Waals surface area contributed by atoms with Crippen LogP contribution in [0.3, 0.4) is 0 Å². The predicted octanol–water partition coefficient (Wildman–Crippen LogP) is 0.784. The molecule has 0 amide bonds. The lowest BCUT2D eigenvalue weighted by molar-refractivity contribution is -1.92. The zero-order valence-electron chi connectivity index (χ0n) is 12.9. The molecule has 0 bridgehead atoms. The summed E-state index contributed by atoms with van der Waals surface area (Å²) in [7, 11) is -4.45. The number of allylic oxidation sites excluding steroid dienone is 4. The van der Waals surface area contributed by atoms with E-state index in [1.165, 1.54) is 0 Å². The first-order valence-corrected chi connectivity index (χ1v) is 7.74. The summed E-state index contributed by atoms with van der Waals surface area (Å²) in [5, 5.41) is 0. The first-order chi connectivity index (χ1) is 8.79. The molecule has 0 aliphatic heterocycles. The average molecular weight is 303 g/mol. The Morgan fingerprint density at radius 3 is 1.85 bits per heavy atom. The Morgan fingerprint density at radius 2 is 1.45 bits per heavy atom. The maximum atomic E-state index is 10.8. The molecule has 20 heavy (non-hydrogen) atoms. The third kappa shape index (κ3) is 5.38. The van der Waals surface area contributed by atoms with Gasteiger partial charge in [0, 0.05) is 0 Å². The van der Waals surface area contributed by atoms with E-state index in [2.05, 4.69) is 25.1 Å². The van der Waals surface area contributed by atoms with E-state index in [4.69, 9.17) is 0 Å². The largest absolute Gasteiger partial charge is 0.251 e. The maximum absolute atomic E-state index is 10.8. The molecule has 0 radical (unpaired) electrons. The zero-order valence-corrected chi connectivity index (χ0v) is 13.7. The second-order valence-electron chi connectivity index (χ2n) is 7.01. The minimum atomic E-state index is -4.45. The van der Waals surface area contributed by atoms with Gasteiger partial charge in [0.1, 0.15) is 0 Å². The highest BCUT2D eigenvalue weighted by Gasteiger charge is 2.30. The third-order valence-electron chi connectivity index (χ3n) is 3.06. The highest BCUT2D eigenvalue weighted by Crippen LogP contribution is 2.35. The van der Waals surface area contributed by atoms with Gasteiger partial charge in [-0.25, -0.2) is 0 Å². The van der Waals surface area contributed by atoms with Crippen LogP contribution in [0.25, 0.3) is 0 Å². The van der Waals surface area contributed by atoms with Crippen LogP contribution in [-0.2, 0) is 4.29 Å². The summed E-state index contributed by atoms with van der Waals surface area (Å²) < 4.78 is 36.8.